The molecule has 3 aromatic rings. The van der Waals surface area contributed by atoms with Crippen LogP contribution in [0.3, 0.4) is 0 Å². The van der Waals surface area contributed by atoms with Crippen LogP contribution in [0.5, 0.6) is 0 Å². The maximum absolute atomic E-state index is 12.8. The van der Waals surface area contributed by atoms with Gasteiger partial charge in [-0.15, -0.1) is 10.2 Å². The Morgan fingerprint density at radius 1 is 1.18 bits per heavy atom. The van der Waals surface area contributed by atoms with E-state index in [1.165, 1.54) is 11.8 Å². The van der Waals surface area contributed by atoms with E-state index in [1.807, 2.05) is 50.6 Å². The lowest BCUT2D eigenvalue weighted by atomic mass is 10.0. The highest BCUT2D eigenvalue weighted by Crippen LogP contribution is 2.26. The van der Waals surface area contributed by atoms with E-state index in [2.05, 4.69) is 43.4 Å². The van der Waals surface area contributed by atoms with Crippen LogP contribution in [0.25, 0.3) is 0 Å². The second kappa shape index (κ2) is 11.3. The lowest BCUT2D eigenvalue weighted by Crippen LogP contribution is -2.33. The van der Waals surface area contributed by atoms with E-state index >= 15 is 0 Å². The molecule has 2 N–H and O–H groups in total. The summed E-state index contributed by atoms with van der Waals surface area (Å²) in [7, 11) is 1.83. The number of benzene rings is 2. The molecule has 0 aliphatic carbocycles. The molecule has 7 nitrogen and oxygen atoms in total. The van der Waals surface area contributed by atoms with Gasteiger partial charge in [0.25, 0.3) is 5.91 Å². The Balaban J connectivity index is 1.68. The Labute approximate surface area is 216 Å². The van der Waals surface area contributed by atoms with E-state index in [1.54, 1.807) is 24.3 Å². The lowest BCUT2D eigenvalue weighted by molar-refractivity contribution is -0.113. The van der Waals surface area contributed by atoms with Crippen molar-refractivity contribution in [3.8, 4) is 0 Å². The van der Waals surface area contributed by atoms with Crippen molar-refractivity contribution in [3.63, 3.8) is 0 Å². The Bertz CT molecular complexity index is 1170. The van der Waals surface area contributed by atoms with Crippen molar-refractivity contribution >= 4 is 63.5 Å². The smallest absolute Gasteiger partial charge is 0.253 e. The van der Waals surface area contributed by atoms with Crippen molar-refractivity contribution in [2.75, 3.05) is 11.1 Å². The molecule has 0 aliphatic heterocycles. The van der Waals surface area contributed by atoms with E-state index in [0.29, 0.717) is 21.6 Å². The summed E-state index contributed by atoms with van der Waals surface area (Å²) in [4.78, 5) is 25.3. The van der Waals surface area contributed by atoms with Crippen molar-refractivity contribution < 1.29 is 9.59 Å². The summed E-state index contributed by atoms with van der Waals surface area (Å²) in [5.74, 6) is 0.464. The monoisotopic (exact) mass is 597 g/mol. The van der Waals surface area contributed by atoms with Gasteiger partial charge in [-0.1, -0.05) is 49.3 Å². The third-order valence-electron chi connectivity index (χ3n) is 5.01. The first-order chi connectivity index (χ1) is 15.7. The van der Waals surface area contributed by atoms with Gasteiger partial charge in [-0.2, -0.15) is 0 Å². The number of amides is 2. The fraction of sp³-hybridized carbons (Fsp3) is 0.304. The molecule has 0 aliphatic rings. The average molecular weight is 598 g/mol. The maximum Gasteiger partial charge on any atom is 0.253 e. The number of halogens is 2. The number of hydrogen-bond acceptors (Lipinski definition) is 5. The van der Waals surface area contributed by atoms with Crippen molar-refractivity contribution in [2.24, 2.45) is 13.0 Å². The quantitative estimate of drug-likeness (QED) is 0.274. The molecule has 174 valence electrons. The molecule has 0 spiro atoms. The summed E-state index contributed by atoms with van der Waals surface area (Å²) in [6, 6.07) is 12.4. The lowest BCUT2D eigenvalue weighted by Gasteiger charge is -2.22. The highest BCUT2D eigenvalue weighted by atomic mass is 127. The van der Waals surface area contributed by atoms with Crippen LogP contribution in [-0.4, -0.2) is 32.3 Å². The van der Waals surface area contributed by atoms with E-state index in [0.717, 1.165) is 14.8 Å². The maximum atomic E-state index is 12.8. The first-order valence-corrected chi connectivity index (χ1v) is 12.7. The van der Waals surface area contributed by atoms with Crippen molar-refractivity contribution in [3.05, 3.63) is 68.0 Å². The Morgan fingerprint density at radius 2 is 1.91 bits per heavy atom. The summed E-state index contributed by atoms with van der Waals surface area (Å²) < 4.78 is 2.93. The zero-order valence-electron chi connectivity index (χ0n) is 18.7. The number of rotatable bonds is 8. The normalized spacial score (nSPS) is 12.0. The van der Waals surface area contributed by atoms with Gasteiger partial charge in [-0.25, -0.2) is 0 Å². The molecule has 0 radical (unpaired) electrons. The van der Waals surface area contributed by atoms with Gasteiger partial charge < -0.3 is 15.2 Å². The zero-order chi connectivity index (χ0) is 24.1. The van der Waals surface area contributed by atoms with Gasteiger partial charge in [-0.05, 0) is 71.3 Å². The number of carbonyl (C=O) groups excluding carboxylic acids is 2. The van der Waals surface area contributed by atoms with Crippen LogP contribution >= 0.6 is 46.0 Å². The standard InChI is InChI=1S/C23H25ClIN5O2S/c1-13(2)20(27-22(32)16-7-5-6-8-17(16)24)21-28-29-23(30(21)4)33-12-19(31)26-18-10-9-15(25)11-14(18)3/h5-11,13,20H,12H2,1-4H3,(H,26,31)(H,27,32)/t20-/m0/s1. The minimum Gasteiger partial charge on any atom is -0.342 e. The molecule has 2 aromatic carbocycles. The molecule has 10 heteroatoms. The third kappa shape index (κ3) is 6.48. The SMILES string of the molecule is Cc1cc(I)ccc1NC(=O)CSc1nnc([C@@H](NC(=O)c2ccccc2Cl)C(C)C)n1C. The fourth-order valence-corrected chi connectivity index (χ4v) is 4.79. The fourth-order valence-electron chi connectivity index (χ4n) is 3.20. The van der Waals surface area contributed by atoms with Gasteiger partial charge in [0, 0.05) is 16.3 Å². The highest BCUT2D eigenvalue weighted by Gasteiger charge is 2.26. The topological polar surface area (TPSA) is 88.9 Å². The zero-order valence-corrected chi connectivity index (χ0v) is 22.5. The van der Waals surface area contributed by atoms with Gasteiger partial charge in [0.2, 0.25) is 5.91 Å². The number of hydrogen-bond donors (Lipinski definition) is 2. The van der Waals surface area contributed by atoms with Crippen molar-refractivity contribution in [2.45, 2.75) is 32.0 Å². The van der Waals surface area contributed by atoms with Crippen LogP contribution in [-0.2, 0) is 11.8 Å². The van der Waals surface area contributed by atoms with Crippen LogP contribution in [0.1, 0.15) is 41.6 Å². The average Bonchev–Trinajstić information content (AvgIpc) is 3.12. The highest BCUT2D eigenvalue weighted by molar-refractivity contribution is 14.1. The van der Waals surface area contributed by atoms with Gasteiger partial charge in [0.05, 0.1) is 22.4 Å². The minimum atomic E-state index is -0.371. The summed E-state index contributed by atoms with van der Waals surface area (Å²) >= 11 is 9.71. The van der Waals surface area contributed by atoms with Crippen LogP contribution in [0.4, 0.5) is 5.69 Å². The largest absolute Gasteiger partial charge is 0.342 e. The van der Waals surface area contributed by atoms with Crippen LogP contribution in [0.15, 0.2) is 47.6 Å². The molecule has 0 unspecified atom stereocenters. The molecule has 0 fully saturated rings. The van der Waals surface area contributed by atoms with Gasteiger partial charge in [0.1, 0.15) is 0 Å². The van der Waals surface area contributed by atoms with Gasteiger partial charge in [0.15, 0.2) is 11.0 Å². The Morgan fingerprint density at radius 3 is 2.58 bits per heavy atom. The number of carbonyl (C=O) groups is 2. The first kappa shape index (κ1) is 25.5. The molecule has 0 saturated heterocycles. The summed E-state index contributed by atoms with van der Waals surface area (Å²) in [6.07, 6.45) is 0. The number of nitrogens with zero attached hydrogens (tertiary/aromatic N) is 3. The molecule has 1 heterocycles. The van der Waals surface area contributed by atoms with E-state index in [4.69, 9.17) is 11.6 Å². The molecule has 2 amide bonds. The Hall–Kier alpha value is -2.11. The molecule has 1 aromatic heterocycles. The molecule has 1 atom stereocenters. The number of nitrogens with one attached hydrogen (secondary N) is 2. The van der Waals surface area contributed by atoms with Crippen LogP contribution in [0, 0.1) is 16.4 Å². The van der Waals surface area contributed by atoms with Gasteiger partial charge in [-0.3, -0.25) is 9.59 Å². The van der Waals surface area contributed by atoms with Gasteiger partial charge >= 0.3 is 0 Å². The van der Waals surface area contributed by atoms with Crippen LogP contribution in [0.2, 0.25) is 5.02 Å². The number of aryl methyl sites for hydroxylation is 1. The predicted octanol–water partition coefficient (Wildman–Crippen LogP) is 5.24. The first-order valence-electron chi connectivity index (χ1n) is 10.3. The minimum absolute atomic E-state index is 0.0596. The summed E-state index contributed by atoms with van der Waals surface area (Å²) in [5, 5.41) is 15.5. The second-order valence-electron chi connectivity index (χ2n) is 7.87. The Kier molecular flexibility index (Phi) is 8.77. The molecular formula is C23H25ClIN5O2S. The summed E-state index contributed by atoms with van der Waals surface area (Å²) in [5.41, 5.74) is 2.21. The van der Waals surface area contributed by atoms with E-state index in [-0.39, 0.29) is 29.5 Å². The third-order valence-corrected chi connectivity index (χ3v) is 7.03. The van der Waals surface area contributed by atoms with E-state index in [9.17, 15) is 9.59 Å². The number of anilines is 1. The number of thioether (sulfide) groups is 1. The van der Waals surface area contributed by atoms with Crippen molar-refractivity contribution in [1.82, 2.24) is 20.1 Å². The molecule has 0 bridgehead atoms. The molecule has 33 heavy (non-hydrogen) atoms. The molecular weight excluding hydrogens is 573 g/mol. The molecule has 0 saturated carbocycles. The van der Waals surface area contributed by atoms with Crippen molar-refractivity contribution in [1.29, 1.82) is 0 Å². The predicted molar refractivity (Wildman–Crippen MR) is 141 cm³/mol. The summed E-state index contributed by atoms with van der Waals surface area (Å²) in [6.45, 7) is 5.95. The van der Waals surface area contributed by atoms with Crippen LogP contribution < -0.4 is 10.6 Å². The second-order valence-corrected chi connectivity index (χ2v) is 10.5. The molecule has 3 rings (SSSR count). The van der Waals surface area contributed by atoms with E-state index < -0.39 is 0 Å². The number of aromatic nitrogens is 3.